The van der Waals surface area contributed by atoms with Crippen LogP contribution in [-0.4, -0.2) is 37.6 Å². The lowest BCUT2D eigenvalue weighted by molar-refractivity contribution is -0.150. The highest BCUT2D eigenvalue weighted by Crippen LogP contribution is 2.24. The van der Waals surface area contributed by atoms with Gasteiger partial charge in [0.2, 0.25) is 10.0 Å². The number of hydrogen-bond donors (Lipinski definition) is 3. The predicted octanol–water partition coefficient (Wildman–Crippen LogP) is -0.0953. The Morgan fingerprint density at radius 2 is 1.86 bits per heavy atom. The zero-order valence-corrected chi connectivity index (χ0v) is 11.7. The summed E-state index contributed by atoms with van der Waals surface area (Å²) in [5, 5.41) is 16.3. The molecule has 1 aliphatic rings. The molecule has 0 radical (unpaired) electrons. The van der Waals surface area contributed by atoms with Gasteiger partial charge >= 0.3 is 5.97 Å². The van der Waals surface area contributed by atoms with Gasteiger partial charge in [-0.15, -0.1) is 0 Å². The summed E-state index contributed by atoms with van der Waals surface area (Å²) in [6.07, 6.45) is -1.47. The van der Waals surface area contributed by atoms with Crippen molar-refractivity contribution in [3.05, 3.63) is 24.3 Å². The van der Waals surface area contributed by atoms with E-state index in [1.54, 1.807) is 6.07 Å². The van der Waals surface area contributed by atoms with E-state index < -0.39 is 34.1 Å². The van der Waals surface area contributed by atoms with E-state index >= 15 is 0 Å². The number of primary sulfonamides is 1. The number of ether oxygens (including phenoxy) is 1. The molecule has 0 aliphatic carbocycles. The highest BCUT2D eigenvalue weighted by molar-refractivity contribution is 7.89. The number of carboxylic acids is 1. The van der Waals surface area contributed by atoms with Crippen molar-refractivity contribution in [2.24, 2.45) is 5.14 Å². The fourth-order valence-corrected chi connectivity index (χ4v) is 2.74. The number of para-hydroxylation sites is 1. The van der Waals surface area contributed by atoms with Crippen LogP contribution in [0.2, 0.25) is 0 Å². The zero-order chi connectivity index (χ0) is 15.6. The van der Waals surface area contributed by atoms with E-state index in [-0.39, 0.29) is 23.4 Å². The number of carboxylic acid groups (broad SMARTS) is 1. The molecule has 1 aromatic rings. The number of sulfonamides is 1. The van der Waals surface area contributed by atoms with Crippen molar-refractivity contribution in [3.8, 4) is 0 Å². The Labute approximate surface area is 120 Å². The molecule has 4 N–H and O–H groups in total. The SMILES string of the molecule is NS(=O)(=O)c1ccccc1NC(=O)C1CCC(C(=O)O)O1. The number of aliphatic carboxylic acids is 1. The van der Waals surface area contributed by atoms with E-state index in [9.17, 15) is 18.0 Å². The summed E-state index contributed by atoms with van der Waals surface area (Å²) in [7, 11) is -3.98. The van der Waals surface area contributed by atoms with Gasteiger partial charge in [-0.1, -0.05) is 12.1 Å². The van der Waals surface area contributed by atoms with Crippen LogP contribution in [0.15, 0.2) is 29.2 Å². The lowest BCUT2D eigenvalue weighted by atomic mass is 10.2. The van der Waals surface area contributed by atoms with Crippen molar-refractivity contribution >= 4 is 27.6 Å². The van der Waals surface area contributed by atoms with Gasteiger partial charge in [-0.05, 0) is 25.0 Å². The first-order valence-electron chi connectivity index (χ1n) is 6.10. The first-order valence-corrected chi connectivity index (χ1v) is 7.64. The molecule has 8 nitrogen and oxygen atoms in total. The molecule has 2 unspecified atom stereocenters. The minimum Gasteiger partial charge on any atom is -0.479 e. The molecule has 0 spiro atoms. The van der Waals surface area contributed by atoms with Crippen LogP contribution < -0.4 is 10.5 Å². The van der Waals surface area contributed by atoms with Gasteiger partial charge in [0.05, 0.1) is 5.69 Å². The molecule has 0 saturated carbocycles. The van der Waals surface area contributed by atoms with Gasteiger partial charge in [0.15, 0.2) is 6.10 Å². The van der Waals surface area contributed by atoms with Crippen LogP contribution in [0.3, 0.4) is 0 Å². The number of amides is 1. The van der Waals surface area contributed by atoms with Crippen LogP contribution in [0.1, 0.15) is 12.8 Å². The number of anilines is 1. The van der Waals surface area contributed by atoms with Crippen molar-refractivity contribution in [2.45, 2.75) is 29.9 Å². The standard InChI is InChI=1S/C12H14N2O6S/c13-21(18,19)10-4-2-1-3-7(10)14-11(15)8-5-6-9(20-8)12(16)17/h1-4,8-9H,5-6H2,(H,14,15)(H,16,17)(H2,13,18,19). The molecular formula is C12H14N2O6S. The lowest BCUT2D eigenvalue weighted by Crippen LogP contribution is -2.30. The third-order valence-corrected chi connectivity index (χ3v) is 4.01. The second-order valence-electron chi connectivity index (χ2n) is 4.56. The third kappa shape index (κ3) is 3.57. The Kier molecular flexibility index (Phi) is 4.26. The first-order chi connectivity index (χ1) is 9.79. The number of benzene rings is 1. The maximum Gasteiger partial charge on any atom is 0.332 e. The second kappa shape index (κ2) is 5.80. The summed E-state index contributed by atoms with van der Waals surface area (Å²) < 4.78 is 27.9. The predicted molar refractivity (Wildman–Crippen MR) is 72.0 cm³/mol. The summed E-state index contributed by atoms with van der Waals surface area (Å²) in [5.41, 5.74) is 0.0346. The van der Waals surface area contributed by atoms with E-state index in [0.29, 0.717) is 0 Å². The smallest absolute Gasteiger partial charge is 0.332 e. The van der Waals surface area contributed by atoms with E-state index in [0.717, 1.165) is 0 Å². The fourth-order valence-electron chi connectivity index (χ4n) is 2.04. The van der Waals surface area contributed by atoms with Gasteiger partial charge < -0.3 is 15.2 Å². The molecule has 0 bridgehead atoms. The van der Waals surface area contributed by atoms with Gasteiger partial charge in [0, 0.05) is 0 Å². The Balaban J connectivity index is 2.13. The minimum atomic E-state index is -3.98. The first kappa shape index (κ1) is 15.4. The molecule has 2 rings (SSSR count). The molecule has 1 fully saturated rings. The Bertz CT molecular complexity index is 672. The van der Waals surface area contributed by atoms with E-state index in [4.69, 9.17) is 15.0 Å². The molecule has 1 saturated heterocycles. The van der Waals surface area contributed by atoms with Crippen LogP contribution in [0.4, 0.5) is 5.69 Å². The normalized spacial score (nSPS) is 22.0. The number of nitrogens with one attached hydrogen (secondary N) is 1. The van der Waals surface area contributed by atoms with Crippen LogP contribution in [0.5, 0.6) is 0 Å². The summed E-state index contributed by atoms with van der Waals surface area (Å²) in [4.78, 5) is 22.5. The van der Waals surface area contributed by atoms with Crippen molar-refractivity contribution < 1.29 is 27.9 Å². The average Bonchev–Trinajstić information content (AvgIpc) is 2.88. The molecule has 21 heavy (non-hydrogen) atoms. The monoisotopic (exact) mass is 314 g/mol. The molecule has 1 amide bonds. The summed E-state index contributed by atoms with van der Waals surface area (Å²) in [6, 6.07) is 5.67. The second-order valence-corrected chi connectivity index (χ2v) is 6.09. The number of nitrogens with two attached hydrogens (primary N) is 1. The van der Waals surface area contributed by atoms with Crippen molar-refractivity contribution in [3.63, 3.8) is 0 Å². The number of carbonyl (C=O) groups is 2. The summed E-state index contributed by atoms with van der Waals surface area (Å²) in [5.74, 6) is -1.73. The highest BCUT2D eigenvalue weighted by atomic mass is 32.2. The molecule has 1 heterocycles. The largest absolute Gasteiger partial charge is 0.479 e. The molecule has 1 aromatic carbocycles. The molecular weight excluding hydrogens is 300 g/mol. The van der Waals surface area contributed by atoms with E-state index in [2.05, 4.69) is 5.32 Å². The maximum atomic E-state index is 12.0. The number of hydrogen-bond acceptors (Lipinski definition) is 5. The van der Waals surface area contributed by atoms with Crippen LogP contribution in [0.25, 0.3) is 0 Å². The van der Waals surface area contributed by atoms with E-state index in [1.165, 1.54) is 18.2 Å². The van der Waals surface area contributed by atoms with Gasteiger partial charge in [-0.3, -0.25) is 4.79 Å². The van der Waals surface area contributed by atoms with Gasteiger partial charge in [-0.2, -0.15) is 0 Å². The quantitative estimate of drug-likeness (QED) is 0.710. The molecule has 9 heteroatoms. The van der Waals surface area contributed by atoms with Crippen molar-refractivity contribution in [1.29, 1.82) is 0 Å². The topological polar surface area (TPSA) is 136 Å². The fraction of sp³-hybridized carbons (Fsp3) is 0.333. The minimum absolute atomic E-state index is 0.0346. The van der Waals surface area contributed by atoms with Crippen LogP contribution in [-0.2, 0) is 24.3 Å². The average molecular weight is 314 g/mol. The van der Waals surface area contributed by atoms with Crippen LogP contribution in [0, 0.1) is 0 Å². The Morgan fingerprint density at radius 1 is 1.24 bits per heavy atom. The molecule has 0 aromatic heterocycles. The zero-order valence-electron chi connectivity index (χ0n) is 10.9. The van der Waals surface area contributed by atoms with Crippen LogP contribution >= 0.6 is 0 Å². The number of carbonyl (C=O) groups excluding carboxylic acids is 1. The Morgan fingerprint density at radius 3 is 2.43 bits per heavy atom. The van der Waals surface area contributed by atoms with Gasteiger partial charge in [0.25, 0.3) is 5.91 Å². The molecule has 1 aliphatic heterocycles. The summed E-state index contributed by atoms with van der Waals surface area (Å²) >= 11 is 0. The molecule has 2 atom stereocenters. The highest BCUT2D eigenvalue weighted by Gasteiger charge is 2.35. The molecule has 114 valence electrons. The van der Waals surface area contributed by atoms with Gasteiger partial charge in [0.1, 0.15) is 11.0 Å². The van der Waals surface area contributed by atoms with Crippen molar-refractivity contribution in [1.82, 2.24) is 0 Å². The van der Waals surface area contributed by atoms with E-state index in [1.807, 2.05) is 0 Å². The van der Waals surface area contributed by atoms with Gasteiger partial charge in [-0.25, -0.2) is 18.4 Å². The Hall–Kier alpha value is -1.97. The third-order valence-electron chi connectivity index (χ3n) is 3.04. The maximum absolute atomic E-state index is 12.0. The number of rotatable bonds is 4. The lowest BCUT2D eigenvalue weighted by Gasteiger charge is -2.13. The summed E-state index contributed by atoms with van der Waals surface area (Å²) in [6.45, 7) is 0. The van der Waals surface area contributed by atoms with Crippen molar-refractivity contribution in [2.75, 3.05) is 5.32 Å².